The highest BCUT2D eigenvalue weighted by atomic mass is 35.5. The molecular weight excluding hydrogens is 321 g/mol. The van der Waals surface area contributed by atoms with Crippen LogP contribution in [0.3, 0.4) is 0 Å². The van der Waals surface area contributed by atoms with Crippen molar-refractivity contribution in [2.75, 3.05) is 0 Å². The van der Waals surface area contributed by atoms with Gasteiger partial charge >= 0.3 is 0 Å². The minimum atomic E-state index is -0.176. The van der Waals surface area contributed by atoms with Crippen LogP contribution in [-0.4, -0.2) is 16.9 Å². The number of rotatable bonds is 5. The van der Waals surface area contributed by atoms with E-state index in [9.17, 15) is 4.79 Å². The van der Waals surface area contributed by atoms with Crippen LogP contribution in [0.4, 0.5) is 0 Å². The number of carbonyl (C=O) groups excluding carboxylic acids is 1. The quantitative estimate of drug-likeness (QED) is 0.878. The molecule has 120 valence electrons. The van der Waals surface area contributed by atoms with E-state index < -0.39 is 0 Å². The molecule has 1 aromatic heterocycles. The van der Waals surface area contributed by atoms with Gasteiger partial charge in [0.2, 0.25) is 5.91 Å². The summed E-state index contributed by atoms with van der Waals surface area (Å²) in [7, 11) is 0. The van der Waals surface area contributed by atoms with Gasteiger partial charge in [0.05, 0.1) is 6.04 Å². The van der Waals surface area contributed by atoms with Crippen molar-refractivity contribution in [3.05, 3.63) is 66.0 Å². The molecule has 0 radical (unpaired) electrons. The number of hydrogen-bond acceptors (Lipinski definition) is 3. The van der Waals surface area contributed by atoms with E-state index in [0.717, 1.165) is 11.1 Å². The van der Waals surface area contributed by atoms with Crippen LogP contribution in [0.2, 0.25) is 0 Å². The van der Waals surface area contributed by atoms with Crippen LogP contribution in [0.5, 0.6) is 0 Å². The van der Waals surface area contributed by atoms with Crippen molar-refractivity contribution in [1.82, 2.24) is 10.3 Å². The summed E-state index contributed by atoms with van der Waals surface area (Å²) in [6, 6.07) is 13.4. The van der Waals surface area contributed by atoms with E-state index in [4.69, 9.17) is 5.73 Å². The highest BCUT2D eigenvalue weighted by molar-refractivity contribution is 5.85. The van der Waals surface area contributed by atoms with Gasteiger partial charge in [0.25, 0.3) is 0 Å². The average Bonchev–Trinajstić information content (AvgIpc) is 2.46. The van der Waals surface area contributed by atoms with Gasteiger partial charge in [-0.2, -0.15) is 0 Å². The Balaban J connectivity index is 0.00000220. The number of halogens is 2. The van der Waals surface area contributed by atoms with Crippen molar-refractivity contribution in [3.63, 3.8) is 0 Å². The maximum Gasteiger partial charge on any atom is 0.222 e. The third-order valence-electron chi connectivity index (χ3n) is 2.99. The van der Waals surface area contributed by atoms with E-state index in [0.29, 0.717) is 6.42 Å². The van der Waals surface area contributed by atoms with Crippen molar-refractivity contribution in [2.24, 2.45) is 5.73 Å². The third kappa shape index (κ3) is 6.02. The second-order valence-electron chi connectivity index (χ2n) is 4.87. The summed E-state index contributed by atoms with van der Waals surface area (Å²) in [5, 5.41) is 3.03. The molecule has 0 bridgehead atoms. The van der Waals surface area contributed by atoms with Crippen LogP contribution in [0.1, 0.15) is 30.5 Å². The average molecular weight is 342 g/mol. The van der Waals surface area contributed by atoms with Crippen molar-refractivity contribution >= 4 is 30.7 Å². The molecule has 2 unspecified atom stereocenters. The number of hydrogen-bond donors (Lipinski definition) is 2. The summed E-state index contributed by atoms with van der Waals surface area (Å²) in [5.74, 6) is -0.0503. The molecule has 0 saturated heterocycles. The number of nitrogens with zero attached hydrogens (tertiary/aromatic N) is 1. The molecule has 0 aliphatic carbocycles. The third-order valence-corrected chi connectivity index (χ3v) is 2.99. The predicted molar refractivity (Wildman–Crippen MR) is 93.4 cm³/mol. The molecule has 1 aromatic carbocycles. The number of benzene rings is 1. The zero-order valence-electron chi connectivity index (χ0n) is 12.3. The predicted octanol–water partition coefficient (Wildman–Crippen LogP) is 2.87. The Morgan fingerprint density at radius 3 is 2.18 bits per heavy atom. The molecule has 0 fully saturated rings. The molecule has 1 heterocycles. The molecule has 22 heavy (non-hydrogen) atoms. The van der Waals surface area contributed by atoms with E-state index in [1.165, 1.54) is 0 Å². The van der Waals surface area contributed by atoms with Crippen molar-refractivity contribution in [3.8, 4) is 0 Å². The maximum absolute atomic E-state index is 12.0. The van der Waals surface area contributed by atoms with E-state index in [-0.39, 0.29) is 42.8 Å². The van der Waals surface area contributed by atoms with E-state index >= 15 is 0 Å². The van der Waals surface area contributed by atoms with Gasteiger partial charge < -0.3 is 11.1 Å². The minimum absolute atomic E-state index is 0. The van der Waals surface area contributed by atoms with E-state index in [1.807, 2.05) is 49.4 Å². The molecular formula is C16H21Cl2N3O. The van der Waals surface area contributed by atoms with Crippen LogP contribution in [-0.2, 0) is 4.79 Å². The molecule has 0 spiro atoms. The zero-order valence-corrected chi connectivity index (χ0v) is 13.9. The smallest absolute Gasteiger partial charge is 0.222 e. The van der Waals surface area contributed by atoms with Gasteiger partial charge in [0.1, 0.15) is 0 Å². The normalized spacial score (nSPS) is 12.3. The summed E-state index contributed by atoms with van der Waals surface area (Å²) in [6.07, 6.45) is 3.76. The van der Waals surface area contributed by atoms with Gasteiger partial charge in [0, 0.05) is 24.9 Å². The number of amides is 1. The largest absolute Gasteiger partial charge is 0.345 e. The second-order valence-corrected chi connectivity index (χ2v) is 4.87. The SMILES string of the molecule is CC(N)CC(=O)NC(c1ccccc1)c1ccncc1.Cl.Cl. The fourth-order valence-corrected chi connectivity index (χ4v) is 2.07. The monoisotopic (exact) mass is 341 g/mol. The van der Waals surface area contributed by atoms with Gasteiger partial charge in [-0.25, -0.2) is 0 Å². The van der Waals surface area contributed by atoms with Crippen LogP contribution in [0, 0.1) is 0 Å². The Labute approximate surface area is 143 Å². The lowest BCUT2D eigenvalue weighted by Gasteiger charge is -2.20. The Kier molecular flexibility index (Phi) is 9.42. The number of carbonyl (C=O) groups is 1. The standard InChI is InChI=1S/C16H19N3O.2ClH/c1-12(17)11-15(20)19-16(13-5-3-2-4-6-13)14-7-9-18-10-8-14;;/h2-10,12,16H,11,17H2,1H3,(H,19,20);2*1H. The first kappa shape index (κ1) is 20.4. The summed E-state index contributed by atoms with van der Waals surface area (Å²) in [5.41, 5.74) is 7.72. The maximum atomic E-state index is 12.0. The van der Waals surface area contributed by atoms with Crippen molar-refractivity contribution < 1.29 is 4.79 Å². The summed E-state index contributed by atoms with van der Waals surface area (Å²) in [4.78, 5) is 16.0. The summed E-state index contributed by atoms with van der Waals surface area (Å²) in [6.45, 7) is 1.82. The number of nitrogens with one attached hydrogen (secondary N) is 1. The Morgan fingerprint density at radius 2 is 1.64 bits per heavy atom. The van der Waals surface area contributed by atoms with E-state index in [1.54, 1.807) is 12.4 Å². The second kappa shape index (κ2) is 10.2. The lowest BCUT2D eigenvalue weighted by molar-refractivity contribution is -0.121. The van der Waals surface area contributed by atoms with Crippen LogP contribution >= 0.6 is 24.8 Å². The summed E-state index contributed by atoms with van der Waals surface area (Å²) < 4.78 is 0. The van der Waals surface area contributed by atoms with Crippen LogP contribution < -0.4 is 11.1 Å². The first-order valence-electron chi connectivity index (χ1n) is 6.66. The van der Waals surface area contributed by atoms with Crippen molar-refractivity contribution in [2.45, 2.75) is 25.4 Å². The van der Waals surface area contributed by atoms with Crippen molar-refractivity contribution in [1.29, 1.82) is 0 Å². The lowest BCUT2D eigenvalue weighted by Crippen LogP contribution is -2.33. The fourth-order valence-electron chi connectivity index (χ4n) is 2.07. The molecule has 0 aliphatic heterocycles. The van der Waals surface area contributed by atoms with Gasteiger partial charge in [-0.15, -0.1) is 24.8 Å². The highest BCUT2D eigenvalue weighted by Gasteiger charge is 2.17. The molecule has 2 aromatic rings. The first-order chi connectivity index (χ1) is 9.66. The number of nitrogens with two attached hydrogens (primary N) is 1. The molecule has 0 saturated carbocycles. The topological polar surface area (TPSA) is 68.0 Å². The van der Waals surface area contributed by atoms with Crippen LogP contribution in [0.15, 0.2) is 54.9 Å². The molecule has 2 atom stereocenters. The van der Waals surface area contributed by atoms with E-state index in [2.05, 4.69) is 10.3 Å². The molecule has 1 amide bonds. The fraction of sp³-hybridized carbons (Fsp3) is 0.250. The van der Waals surface area contributed by atoms with Gasteiger partial charge in [-0.1, -0.05) is 30.3 Å². The highest BCUT2D eigenvalue weighted by Crippen LogP contribution is 2.21. The molecule has 2 rings (SSSR count). The van der Waals surface area contributed by atoms with Gasteiger partial charge in [0.15, 0.2) is 0 Å². The Hall–Kier alpha value is -1.62. The molecule has 0 aliphatic rings. The summed E-state index contributed by atoms with van der Waals surface area (Å²) >= 11 is 0. The van der Waals surface area contributed by atoms with Gasteiger partial charge in [-0.3, -0.25) is 9.78 Å². The number of pyridine rings is 1. The van der Waals surface area contributed by atoms with Gasteiger partial charge in [-0.05, 0) is 30.2 Å². The first-order valence-corrected chi connectivity index (χ1v) is 6.66. The molecule has 3 N–H and O–H groups in total. The molecule has 6 heteroatoms. The zero-order chi connectivity index (χ0) is 14.4. The van der Waals surface area contributed by atoms with Crippen LogP contribution in [0.25, 0.3) is 0 Å². The molecule has 4 nitrogen and oxygen atoms in total. The number of aromatic nitrogens is 1. The minimum Gasteiger partial charge on any atom is -0.345 e. The Bertz CT molecular complexity index is 510. The Morgan fingerprint density at radius 1 is 1.09 bits per heavy atom. The lowest BCUT2D eigenvalue weighted by atomic mass is 9.99.